The predicted octanol–water partition coefficient (Wildman–Crippen LogP) is 5.03. The van der Waals surface area contributed by atoms with E-state index in [1.54, 1.807) is 19.2 Å². The molecule has 2 aromatic heterocycles. The van der Waals surface area contributed by atoms with Crippen LogP contribution in [0.1, 0.15) is 32.9 Å². The highest BCUT2D eigenvalue weighted by Crippen LogP contribution is 2.23. The lowest BCUT2D eigenvalue weighted by atomic mass is 10.1. The highest BCUT2D eigenvalue weighted by Gasteiger charge is 2.16. The number of benzene rings is 2. The lowest BCUT2D eigenvalue weighted by Gasteiger charge is -2.11. The van der Waals surface area contributed by atoms with Crippen LogP contribution in [0, 0.1) is 20.8 Å². The summed E-state index contributed by atoms with van der Waals surface area (Å²) in [5.74, 6) is 1.23. The number of aromatic nitrogens is 1. The second kappa shape index (κ2) is 9.36. The third kappa shape index (κ3) is 4.85. The molecule has 0 atom stereocenters. The van der Waals surface area contributed by atoms with E-state index in [4.69, 9.17) is 13.9 Å². The Kier molecular flexibility index (Phi) is 6.36. The van der Waals surface area contributed by atoms with Gasteiger partial charge in [0.25, 0.3) is 0 Å². The topological polar surface area (TPSA) is 70.7 Å². The second-order valence-corrected chi connectivity index (χ2v) is 8.15. The van der Waals surface area contributed by atoms with Crippen molar-refractivity contribution < 1.29 is 18.7 Å². The molecule has 0 saturated carbocycles. The number of fused-ring (bicyclic) bond motifs is 1. The molecule has 0 spiro atoms. The number of hydrogen-bond donors (Lipinski definition) is 0. The Morgan fingerprint density at radius 1 is 0.970 bits per heavy atom. The molecule has 0 amide bonds. The first-order chi connectivity index (χ1) is 15.9. The lowest BCUT2D eigenvalue weighted by Crippen LogP contribution is -2.13. The highest BCUT2D eigenvalue weighted by atomic mass is 16.5. The number of ether oxygens (including phenoxy) is 2. The number of methoxy groups -OCH3 is 1. The minimum atomic E-state index is -0.407. The molecule has 2 heterocycles. The maximum absolute atomic E-state index is 12.9. The monoisotopic (exact) mass is 445 g/mol. The van der Waals surface area contributed by atoms with Gasteiger partial charge in [0.15, 0.2) is 6.61 Å². The van der Waals surface area contributed by atoms with Gasteiger partial charge >= 0.3 is 5.63 Å². The summed E-state index contributed by atoms with van der Waals surface area (Å²) < 4.78 is 18.4. The Hall–Kier alpha value is -3.80. The van der Waals surface area contributed by atoms with Crippen LogP contribution in [-0.2, 0) is 13.0 Å². The Labute approximate surface area is 192 Å². The van der Waals surface area contributed by atoms with Crippen LogP contribution in [0.25, 0.3) is 11.0 Å². The van der Waals surface area contributed by atoms with Crippen molar-refractivity contribution in [2.24, 2.45) is 0 Å². The molecular formula is C27H27NO5. The van der Waals surface area contributed by atoms with Gasteiger partial charge in [0.1, 0.15) is 17.1 Å². The molecule has 0 fully saturated rings. The summed E-state index contributed by atoms with van der Waals surface area (Å²) in [5.41, 5.74) is 4.70. The summed E-state index contributed by atoms with van der Waals surface area (Å²) in [5, 5.41) is 0.841. The SMILES string of the molecule is COc1ccc(CCn2c(C)cc(C(=O)COc3ccc4c(C)cc(=O)oc4c3)c2C)cc1. The first-order valence-electron chi connectivity index (χ1n) is 10.9. The molecule has 0 aliphatic heterocycles. The largest absolute Gasteiger partial charge is 0.497 e. The van der Waals surface area contributed by atoms with E-state index in [2.05, 4.69) is 16.7 Å². The number of carbonyl (C=O) groups excluding carboxylic acids is 1. The highest BCUT2D eigenvalue weighted by molar-refractivity contribution is 5.98. The maximum Gasteiger partial charge on any atom is 0.336 e. The van der Waals surface area contributed by atoms with Crippen LogP contribution in [0.2, 0.25) is 0 Å². The van der Waals surface area contributed by atoms with Gasteiger partial charge in [0.2, 0.25) is 5.78 Å². The van der Waals surface area contributed by atoms with Crippen LogP contribution in [-0.4, -0.2) is 24.1 Å². The van der Waals surface area contributed by atoms with Gasteiger partial charge in [-0.3, -0.25) is 4.79 Å². The molecule has 6 nitrogen and oxygen atoms in total. The first kappa shape index (κ1) is 22.4. The van der Waals surface area contributed by atoms with Gasteiger partial charge in [-0.15, -0.1) is 0 Å². The van der Waals surface area contributed by atoms with E-state index in [0.29, 0.717) is 16.9 Å². The van der Waals surface area contributed by atoms with Gasteiger partial charge in [0.05, 0.1) is 7.11 Å². The second-order valence-electron chi connectivity index (χ2n) is 8.15. The first-order valence-corrected chi connectivity index (χ1v) is 10.9. The average Bonchev–Trinajstić information content (AvgIpc) is 3.09. The van der Waals surface area contributed by atoms with Crippen molar-refractivity contribution in [2.45, 2.75) is 33.7 Å². The normalized spacial score (nSPS) is 11.0. The summed E-state index contributed by atoms with van der Waals surface area (Å²) in [4.78, 5) is 24.5. The minimum Gasteiger partial charge on any atom is -0.497 e. The fraction of sp³-hybridized carbons (Fsp3) is 0.259. The lowest BCUT2D eigenvalue weighted by molar-refractivity contribution is 0.0920. The van der Waals surface area contributed by atoms with Gasteiger partial charge in [-0.2, -0.15) is 0 Å². The number of rotatable bonds is 8. The zero-order valence-electron chi connectivity index (χ0n) is 19.3. The van der Waals surface area contributed by atoms with E-state index in [1.165, 1.54) is 11.6 Å². The zero-order chi connectivity index (χ0) is 23.5. The summed E-state index contributed by atoms with van der Waals surface area (Å²) >= 11 is 0. The average molecular weight is 446 g/mol. The molecule has 0 unspecified atom stereocenters. The Morgan fingerprint density at radius 2 is 1.70 bits per heavy atom. The molecule has 170 valence electrons. The number of aryl methyl sites for hydroxylation is 3. The molecular weight excluding hydrogens is 418 g/mol. The third-order valence-corrected chi connectivity index (χ3v) is 5.95. The van der Waals surface area contributed by atoms with Gasteiger partial charge in [-0.1, -0.05) is 12.1 Å². The Morgan fingerprint density at radius 3 is 2.42 bits per heavy atom. The van der Waals surface area contributed by atoms with Gasteiger partial charge in [0, 0.05) is 41.0 Å². The fourth-order valence-corrected chi connectivity index (χ4v) is 4.08. The molecule has 0 aliphatic carbocycles. The number of carbonyl (C=O) groups is 1. The van der Waals surface area contributed by atoms with Crippen molar-refractivity contribution in [1.29, 1.82) is 0 Å². The van der Waals surface area contributed by atoms with E-state index in [0.717, 1.165) is 41.1 Å². The van der Waals surface area contributed by atoms with E-state index < -0.39 is 5.63 Å². The molecule has 4 rings (SSSR count). The van der Waals surface area contributed by atoms with Crippen molar-refractivity contribution in [2.75, 3.05) is 13.7 Å². The summed E-state index contributed by atoms with van der Waals surface area (Å²) in [7, 11) is 1.66. The number of ketones is 1. The van der Waals surface area contributed by atoms with Crippen molar-refractivity contribution in [3.8, 4) is 11.5 Å². The van der Waals surface area contributed by atoms with E-state index >= 15 is 0 Å². The third-order valence-electron chi connectivity index (χ3n) is 5.95. The van der Waals surface area contributed by atoms with Crippen LogP contribution in [0.4, 0.5) is 0 Å². The molecule has 0 bridgehead atoms. The summed E-state index contributed by atoms with van der Waals surface area (Å²) in [6.07, 6.45) is 0.853. The molecule has 0 aliphatic rings. The quantitative estimate of drug-likeness (QED) is 0.281. The Balaban J connectivity index is 1.44. The number of hydrogen-bond acceptors (Lipinski definition) is 5. The van der Waals surface area contributed by atoms with Gasteiger partial charge in [-0.25, -0.2) is 4.79 Å². The molecule has 0 N–H and O–H groups in total. The van der Waals surface area contributed by atoms with Crippen LogP contribution in [0.5, 0.6) is 11.5 Å². The molecule has 0 radical (unpaired) electrons. The van der Waals surface area contributed by atoms with Crippen LogP contribution >= 0.6 is 0 Å². The van der Waals surface area contributed by atoms with E-state index in [1.807, 2.05) is 45.0 Å². The summed E-state index contributed by atoms with van der Waals surface area (Å²) in [6, 6.07) is 16.6. The van der Waals surface area contributed by atoms with Gasteiger partial charge < -0.3 is 18.5 Å². The Bertz CT molecular complexity index is 1360. The zero-order valence-corrected chi connectivity index (χ0v) is 19.3. The van der Waals surface area contributed by atoms with Crippen LogP contribution < -0.4 is 15.1 Å². The minimum absolute atomic E-state index is 0.0929. The van der Waals surface area contributed by atoms with Crippen molar-refractivity contribution >= 4 is 16.8 Å². The number of nitrogens with zero attached hydrogens (tertiary/aromatic N) is 1. The number of Topliss-reactive ketones (excluding diaryl/α,β-unsaturated/α-hetero) is 1. The van der Waals surface area contributed by atoms with E-state index in [-0.39, 0.29) is 12.4 Å². The van der Waals surface area contributed by atoms with Gasteiger partial charge in [-0.05, 0) is 68.7 Å². The summed E-state index contributed by atoms with van der Waals surface area (Å²) in [6.45, 7) is 6.51. The molecule has 4 aromatic rings. The standard InChI is InChI=1S/C27H27NO5/c1-17-13-27(30)33-26-15-22(9-10-23(17)26)32-16-25(29)24-14-18(2)28(19(24)3)12-11-20-5-7-21(31-4)8-6-20/h5-10,13-15H,11-12,16H2,1-4H3. The maximum atomic E-state index is 12.9. The molecule has 6 heteroatoms. The smallest absolute Gasteiger partial charge is 0.336 e. The molecule has 2 aromatic carbocycles. The van der Waals surface area contributed by atoms with E-state index in [9.17, 15) is 9.59 Å². The molecule has 33 heavy (non-hydrogen) atoms. The van der Waals surface area contributed by atoms with Crippen molar-refractivity contribution in [1.82, 2.24) is 4.57 Å². The van der Waals surface area contributed by atoms with Crippen LogP contribution in [0.15, 0.2) is 63.8 Å². The van der Waals surface area contributed by atoms with Crippen molar-refractivity contribution in [3.63, 3.8) is 0 Å². The van der Waals surface area contributed by atoms with Crippen LogP contribution in [0.3, 0.4) is 0 Å². The molecule has 0 saturated heterocycles. The fourth-order valence-electron chi connectivity index (χ4n) is 4.08. The van der Waals surface area contributed by atoms with Crippen molar-refractivity contribution in [3.05, 3.63) is 93.1 Å². The predicted molar refractivity (Wildman–Crippen MR) is 128 cm³/mol.